The van der Waals surface area contributed by atoms with E-state index in [2.05, 4.69) is 18.2 Å². The summed E-state index contributed by atoms with van der Waals surface area (Å²) in [7, 11) is 0. The van der Waals surface area contributed by atoms with Gasteiger partial charge >= 0.3 is 0 Å². The molecule has 1 saturated carbocycles. The Kier molecular flexibility index (Phi) is 3.45. The van der Waals surface area contributed by atoms with Crippen LogP contribution in [0.1, 0.15) is 39.0 Å². The summed E-state index contributed by atoms with van der Waals surface area (Å²) in [6.45, 7) is 2.13. The first-order valence-corrected chi connectivity index (χ1v) is 4.59. The van der Waals surface area contributed by atoms with Crippen LogP contribution in [0.4, 0.5) is 0 Å². The molecule has 62 valence electrons. The van der Waals surface area contributed by atoms with Crippen molar-refractivity contribution in [3.8, 4) is 12.3 Å². The molecule has 1 nitrogen and oxygen atoms in total. The molecule has 0 saturated heterocycles. The molecule has 1 rings (SSSR count). The third kappa shape index (κ3) is 2.55. The maximum Gasteiger partial charge on any atom is 0.0686 e. The molecule has 1 heteroatoms. The van der Waals surface area contributed by atoms with Crippen LogP contribution in [0.25, 0.3) is 0 Å². The highest BCUT2D eigenvalue weighted by atomic mass is 14.9. The second-order valence-corrected chi connectivity index (χ2v) is 3.28. The Labute approximate surface area is 69.6 Å². The van der Waals surface area contributed by atoms with Gasteiger partial charge in [0.05, 0.1) is 6.04 Å². The zero-order valence-corrected chi connectivity index (χ0v) is 7.27. The van der Waals surface area contributed by atoms with E-state index in [1.54, 1.807) is 0 Å². The molecule has 0 aromatic rings. The average molecular weight is 151 g/mol. The van der Waals surface area contributed by atoms with Crippen molar-refractivity contribution in [2.24, 2.45) is 0 Å². The topological polar surface area (TPSA) is 12.0 Å². The van der Waals surface area contributed by atoms with Gasteiger partial charge in [0.25, 0.3) is 0 Å². The number of nitrogens with one attached hydrogen (secondary N) is 1. The van der Waals surface area contributed by atoms with Gasteiger partial charge in [-0.05, 0) is 19.3 Å². The molecule has 0 radical (unpaired) electrons. The largest absolute Gasteiger partial charge is 0.301 e. The zero-order valence-electron chi connectivity index (χ0n) is 7.27. The molecule has 1 N–H and O–H groups in total. The van der Waals surface area contributed by atoms with Crippen LogP contribution in [0, 0.1) is 12.3 Å². The number of rotatable bonds is 3. The van der Waals surface area contributed by atoms with E-state index in [0.29, 0.717) is 12.1 Å². The van der Waals surface area contributed by atoms with Crippen molar-refractivity contribution in [1.82, 2.24) is 5.32 Å². The number of terminal acetylenes is 1. The summed E-state index contributed by atoms with van der Waals surface area (Å²) in [6, 6.07) is 1.01. The fourth-order valence-corrected chi connectivity index (χ4v) is 1.66. The molecule has 1 fully saturated rings. The van der Waals surface area contributed by atoms with Crippen molar-refractivity contribution in [2.45, 2.75) is 51.1 Å². The third-order valence-corrected chi connectivity index (χ3v) is 2.40. The van der Waals surface area contributed by atoms with Crippen LogP contribution < -0.4 is 5.32 Å². The molecular formula is C10H17N. The summed E-state index contributed by atoms with van der Waals surface area (Å²) in [5.41, 5.74) is 0. The zero-order chi connectivity index (χ0) is 8.10. The maximum atomic E-state index is 5.35. The highest BCUT2D eigenvalue weighted by Crippen LogP contribution is 2.18. The van der Waals surface area contributed by atoms with Crippen molar-refractivity contribution in [3.63, 3.8) is 0 Å². The number of hydrogen-bond donors (Lipinski definition) is 1. The van der Waals surface area contributed by atoms with Crippen molar-refractivity contribution >= 4 is 0 Å². The lowest BCUT2D eigenvalue weighted by molar-refractivity contribution is 0.477. The normalized spacial score (nSPS) is 21.5. The predicted molar refractivity (Wildman–Crippen MR) is 48.3 cm³/mol. The van der Waals surface area contributed by atoms with Gasteiger partial charge in [0, 0.05) is 6.04 Å². The SMILES string of the molecule is C#CC(CC)NC1CCCC1. The average Bonchev–Trinajstić information content (AvgIpc) is 2.52. The Morgan fingerprint density at radius 3 is 2.64 bits per heavy atom. The highest BCUT2D eigenvalue weighted by Gasteiger charge is 2.16. The summed E-state index contributed by atoms with van der Waals surface area (Å²) in [6.07, 6.45) is 11.8. The molecule has 1 aliphatic carbocycles. The molecule has 1 unspecified atom stereocenters. The van der Waals surface area contributed by atoms with E-state index in [4.69, 9.17) is 6.42 Å². The van der Waals surface area contributed by atoms with E-state index < -0.39 is 0 Å². The Morgan fingerprint density at radius 2 is 2.18 bits per heavy atom. The first-order valence-electron chi connectivity index (χ1n) is 4.59. The van der Waals surface area contributed by atoms with Crippen LogP contribution in [0.5, 0.6) is 0 Å². The van der Waals surface area contributed by atoms with Gasteiger partial charge in [-0.1, -0.05) is 25.7 Å². The summed E-state index contributed by atoms with van der Waals surface area (Å²) < 4.78 is 0. The van der Waals surface area contributed by atoms with Crippen molar-refractivity contribution in [2.75, 3.05) is 0 Å². The summed E-state index contributed by atoms with van der Waals surface area (Å²) in [5, 5.41) is 3.48. The van der Waals surface area contributed by atoms with Gasteiger partial charge in [0.2, 0.25) is 0 Å². The van der Waals surface area contributed by atoms with Crippen LogP contribution in [0.15, 0.2) is 0 Å². The molecule has 1 atom stereocenters. The fraction of sp³-hybridized carbons (Fsp3) is 0.800. The fourth-order valence-electron chi connectivity index (χ4n) is 1.66. The predicted octanol–water partition coefficient (Wildman–Crippen LogP) is 1.93. The minimum atomic E-state index is 0.304. The van der Waals surface area contributed by atoms with Gasteiger partial charge < -0.3 is 5.32 Å². The lowest BCUT2D eigenvalue weighted by atomic mass is 10.2. The van der Waals surface area contributed by atoms with E-state index in [1.807, 2.05) is 0 Å². The van der Waals surface area contributed by atoms with Gasteiger partial charge in [-0.3, -0.25) is 0 Å². The van der Waals surface area contributed by atoms with Crippen molar-refractivity contribution < 1.29 is 0 Å². The summed E-state index contributed by atoms with van der Waals surface area (Å²) in [5.74, 6) is 2.77. The van der Waals surface area contributed by atoms with E-state index in [-0.39, 0.29) is 0 Å². The minimum Gasteiger partial charge on any atom is -0.301 e. The van der Waals surface area contributed by atoms with Gasteiger partial charge in [-0.2, -0.15) is 0 Å². The van der Waals surface area contributed by atoms with Crippen LogP contribution in [0.2, 0.25) is 0 Å². The quantitative estimate of drug-likeness (QED) is 0.608. The molecule has 11 heavy (non-hydrogen) atoms. The summed E-state index contributed by atoms with van der Waals surface area (Å²) in [4.78, 5) is 0. The lowest BCUT2D eigenvalue weighted by Gasteiger charge is -2.16. The molecule has 0 heterocycles. The lowest BCUT2D eigenvalue weighted by Crippen LogP contribution is -2.35. The van der Waals surface area contributed by atoms with Gasteiger partial charge in [-0.15, -0.1) is 6.42 Å². The van der Waals surface area contributed by atoms with Gasteiger partial charge in [0.1, 0.15) is 0 Å². The molecule has 0 bridgehead atoms. The molecule has 0 aromatic heterocycles. The molecular weight excluding hydrogens is 134 g/mol. The van der Waals surface area contributed by atoms with Crippen molar-refractivity contribution in [3.05, 3.63) is 0 Å². The van der Waals surface area contributed by atoms with E-state index in [9.17, 15) is 0 Å². The molecule has 0 amide bonds. The van der Waals surface area contributed by atoms with Crippen LogP contribution in [0.3, 0.4) is 0 Å². The molecule has 0 spiro atoms. The van der Waals surface area contributed by atoms with E-state index >= 15 is 0 Å². The second-order valence-electron chi connectivity index (χ2n) is 3.28. The first-order chi connectivity index (χ1) is 5.36. The Hall–Kier alpha value is -0.480. The van der Waals surface area contributed by atoms with Crippen LogP contribution in [-0.2, 0) is 0 Å². The van der Waals surface area contributed by atoms with E-state index in [1.165, 1.54) is 25.7 Å². The standard InChI is InChI=1S/C10H17N/c1-3-9(4-2)11-10-7-5-6-8-10/h1,9-11H,4-8H2,2H3. The highest BCUT2D eigenvalue weighted by molar-refractivity contribution is 4.99. The summed E-state index contributed by atoms with van der Waals surface area (Å²) >= 11 is 0. The van der Waals surface area contributed by atoms with Gasteiger partial charge in [-0.25, -0.2) is 0 Å². The Bertz CT molecular complexity index is 139. The van der Waals surface area contributed by atoms with Crippen LogP contribution >= 0.6 is 0 Å². The monoisotopic (exact) mass is 151 g/mol. The Balaban J connectivity index is 2.23. The van der Waals surface area contributed by atoms with Crippen molar-refractivity contribution in [1.29, 1.82) is 0 Å². The maximum absolute atomic E-state index is 5.35. The second kappa shape index (κ2) is 4.41. The Morgan fingerprint density at radius 1 is 1.55 bits per heavy atom. The molecule has 1 aliphatic rings. The van der Waals surface area contributed by atoms with E-state index in [0.717, 1.165) is 6.42 Å². The smallest absolute Gasteiger partial charge is 0.0686 e. The molecule has 0 aliphatic heterocycles. The van der Waals surface area contributed by atoms with Gasteiger partial charge in [0.15, 0.2) is 0 Å². The molecule has 0 aromatic carbocycles. The minimum absolute atomic E-state index is 0.304. The third-order valence-electron chi connectivity index (χ3n) is 2.40. The van der Waals surface area contributed by atoms with Crippen LogP contribution in [-0.4, -0.2) is 12.1 Å². The number of hydrogen-bond acceptors (Lipinski definition) is 1. The first kappa shape index (κ1) is 8.62.